The van der Waals surface area contributed by atoms with Gasteiger partial charge in [0.15, 0.2) is 0 Å². The minimum Gasteiger partial charge on any atom is -0.352 e. The Labute approximate surface area is 134 Å². The van der Waals surface area contributed by atoms with Gasteiger partial charge in [-0.1, -0.05) is 6.92 Å². The summed E-state index contributed by atoms with van der Waals surface area (Å²) in [6, 6.07) is 1.96. The van der Waals surface area contributed by atoms with Crippen molar-refractivity contribution in [3.8, 4) is 0 Å². The first-order valence-electron chi connectivity index (χ1n) is 7.74. The van der Waals surface area contributed by atoms with Gasteiger partial charge in [-0.15, -0.1) is 0 Å². The molecule has 3 nitrogen and oxygen atoms in total. The van der Waals surface area contributed by atoms with Crippen LogP contribution in [0.4, 0.5) is 13.2 Å². The summed E-state index contributed by atoms with van der Waals surface area (Å²) in [6.07, 6.45) is 1.87. The molecule has 6 heteroatoms. The van der Waals surface area contributed by atoms with Crippen molar-refractivity contribution >= 4 is 0 Å². The molecule has 1 atom stereocenters. The Morgan fingerprint density at radius 2 is 1.96 bits per heavy atom. The normalized spacial score (nSPS) is 21.7. The Morgan fingerprint density at radius 3 is 2.61 bits per heavy atom. The third kappa shape index (κ3) is 2.60. The number of alkyl halides is 3. The van der Waals surface area contributed by atoms with E-state index in [1.807, 2.05) is 31.3 Å². The van der Waals surface area contributed by atoms with Gasteiger partial charge in [0.05, 0.1) is 5.70 Å². The van der Waals surface area contributed by atoms with Crippen molar-refractivity contribution in [1.82, 2.24) is 14.8 Å². The van der Waals surface area contributed by atoms with Gasteiger partial charge < -0.3 is 9.80 Å². The van der Waals surface area contributed by atoms with Gasteiger partial charge in [-0.3, -0.25) is 4.98 Å². The molecule has 0 aromatic carbocycles. The number of allylic oxidation sites excluding steroid dienone is 3. The lowest BCUT2D eigenvalue weighted by molar-refractivity contribution is -0.0943. The van der Waals surface area contributed by atoms with Gasteiger partial charge in [-0.25, -0.2) is 0 Å². The number of hydrogen-bond donors (Lipinski definition) is 0. The van der Waals surface area contributed by atoms with E-state index in [0.717, 1.165) is 23.2 Å². The van der Waals surface area contributed by atoms with Crippen molar-refractivity contribution in [3.05, 3.63) is 52.6 Å². The molecule has 0 saturated carbocycles. The zero-order chi connectivity index (χ0) is 16.8. The van der Waals surface area contributed by atoms with Crippen LogP contribution in [0.5, 0.6) is 0 Å². The Bertz CT molecular complexity index is 676. The first-order valence-corrected chi connectivity index (χ1v) is 7.74. The lowest BCUT2D eigenvalue weighted by Gasteiger charge is -2.31. The molecule has 1 aromatic heterocycles. The Hall–Kier alpha value is -1.98. The highest BCUT2D eigenvalue weighted by atomic mass is 19.4. The Morgan fingerprint density at radius 1 is 1.22 bits per heavy atom. The molecule has 1 aliphatic carbocycles. The molecule has 23 heavy (non-hydrogen) atoms. The van der Waals surface area contributed by atoms with Crippen LogP contribution in [0.3, 0.4) is 0 Å². The number of pyridine rings is 1. The van der Waals surface area contributed by atoms with E-state index in [-0.39, 0.29) is 12.6 Å². The van der Waals surface area contributed by atoms with E-state index in [1.165, 1.54) is 6.08 Å². The second-order valence-electron chi connectivity index (χ2n) is 6.02. The summed E-state index contributed by atoms with van der Waals surface area (Å²) in [5.41, 5.74) is 3.43. The zero-order valence-corrected chi connectivity index (χ0v) is 13.5. The second-order valence-corrected chi connectivity index (χ2v) is 6.02. The second kappa shape index (κ2) is 5.58. The fraction of sp³-hybridized carbons (Fsp3) is 0.471. The van der Waals surface area contributed by atoms with Gasteiger partial charge in [0.25, 0.3) is 0 Å². The quantitative estimate of drug-likeness (QED) is 0.820. The van der Waals surface area contributed by atoms with E-state index in [9.17, 15) is 13.2 Å². The fourth-order valence-corrected chi connectivity index (χ4v) is 3.53. The molecule has 0 fully saturated rings. The van der Waals surface area contributed by atoms with Crippen LogP contribution >= 0.6 is 0 Å². The molecule has 0 bridgehead atoms. The topological polar surface area (TPSA) is 19.4 Å². The number of likely N-dealkylation sites (N-methyl/N-ethyl adjacent to an activating group) is 1. The van der Waals surface area contributed by atoms with Crippen LogP contribution in [0.1, 0.15) is 37.1 Å². The van der Waals surface area contributed by atoms with Gasteiger partial charge in [-0.2, -0.15) is 13.2 Å². The zero-order valence-electron chi connectivity index (χ0n) is 13.5. The smallest absolute Gasteiger partial charge is 0.352 e. The van der Waals surface area contributed by atoms with Crippen LogP contribution in [0.25, 0.3) is 0 Å². The first kappa shape index (κ1) is 15.9. The Kier molecular flexibility index (Phi) is 3.86. The highest BCUT2D eigenvalue weighted by Gasteiger charge is 2.41. The summed E-state index contributed by atoms with van der Waals surface area (Å²) in [4.78, 5) is 8.19. The average molecular weight is 323 g/mol. The molecular weight excluding hydrogens is 303 g/mol. The molecule has 0 amide bonds. The average Bonchev–Trinajstić information content (AvgIpc) is 2.77. The summed E-state index contributed by atoms with van der Waals surface area (Å²) in [5.74, 6) is 0. The summed E-state index contributed by atoms with van der Waals surface area (Å²) >= 11 is 0. The molecule has 2 heterocycles. The molecule has 1 aromatic rings. The van der Waals surface area contributed by atoms with Crippen LogP contribution in [-0.2, 0) is 6.42 Å². The molecule has 1 aliphatic heterocycles. The number of aryl methyl sites for hydroxylation is 1. The summed E-state index contributed by atoms with van der Waals surface area (Å²) in [5, 5.41) is 0. The van der Waals surface area contributed by atoms with E-state index in [1.54, 1.807) is 6.20 Å². The molecule has 0 saturated heterocycles. The maximum atomic E-state index is 13.0. The maximum absolute atomic E-state index is 13.0. The third-order valence-electron chi connectivity index (χ3n) is 4.74. The lowest BCUT2D eigenvalue weighted by Crippen LogP contribution is -2.28. The SMILES string of the molecule is CCc1cnccc1C1N(C)C2=C(CCC(C(F)(F)F)=C2)N1C. The molecule has 0 radical (unpaired) electrons. The highest BCUT2D eigenvalue weighted by Crippen LogP contribution is 2.45. The van der Waals surface area contributed by atoms with Gasteiger partial charge in [0.2, 0.25) is 0 Å². The lowest BCUT2D eigenvalue weighted by atomic mass is 10.00. The molecule has 1 unspecified atom stereocenters. The third-order valence-corrected chi connectivity index (χ3v) is 4.74. The number of rotatable bonds is 2. The molecule has 0 N–H and O–H groups in total. The van der Waals surface area contributed by atoms with Crippen LogP contribution in [0.15, 0.2) is 41.5 Å². The van der Waals surface area contributed by atoms with Crippen molar-refractivity contribution in [1.29, 1.82) is 0 Å². The van der Waals surface area contributed by atoms with Crippen molar-refractivity contribution in [2.75, 3.05) is 14.1 Å². The minimum atomic E-state index is -4.25. The van der Waals surface area contributed by atoms with E-state index in [4.69, 9.17) is 0 Å². The monoisotopic (exact) mass is 323 g/mol. The molecule has 3 rings (SSSR count). The van der Waals surface area contributed by atoms with E-state index in [2.05, 4.69) is 16.8 Å². The van der Waals surface area contributed by atoms with Crippen molar-refractivity contribution in [2.45, 2.75) is 38.5 Å². The van der Waals surface area contributed by atoms with E-state index in [0.29, 0.717) is 12.1 Å². The summed E-state index contributed by atoms with van der Waals surface area (Å²) in [7, 11) is 3.81. The van der Waals surface area contributed by atoms with Gasteiger partial charge in [-0.05, 0) is 37.0 Å². The predicted octanol–water partition coefficient (Wildman–Crippen LogP) is 4.01. The van der Waals surface area contributed by atoms with Crippen LogP contribution in [0, 0.1) is 0 Å². The number of aromatic nitrogens is 1. The fourth-order valence-electron chi connectivity index (χ4n) is 3.53. The summed E-state index contributed by atoms with van der Waals surface area (Å²) in [6.45, 7) is 2.06. The van der Waals surface area contributed by atoms with Gasteiger partial charge in [0, 0.05) is 43.3 Å². The van der Waals surface area contributed by atoms with Crippen LogP contribution < -0.4 is 0 Å². The molecule has 0 spiro atoms. The summed E-state index contributed by atoms with van der Waals surface area (Å²) < 4.78 is 39.1. The van der Waals surface area contributed by atoms with Crippen molar-refractivity contribution in [3.63, 3.8) is 0 Å². The molecular formula is C17H20F3N3. The predicted molar refractivity (Wildman–Crippen MR) is 82.3 cm³/mol. The maximum Gasteiger partial charge on any atom is 0.412 e. The van der Waals surface area contributed by atoms with Crippen LogP contribution in [0.2, 0.25) is 0 Å². The number of nitrogens with zero attached hydrogens (tertiary/aromatic N) is 3. The van der Waals surface area contributed by atoms with Crippen molar-refractivity contribution in [2.24, 2.45) is 0 Å². The number of halogens is 3. The van der Waals surface area contributed by atoms with E-state index >= 15 is 0 Å². The van der Waals surface area contributed by atoms with E-state index < -0.39 is 11.7 Å². The molecule has 2 aliphatic rings. The molecule has 124 valence electrons. The largest absolute Gasteiger partial charge is 0.412 e. The standard InChI is InChI=1S/C17H20F3N3/c1-4-11-10-21-8-7-13(11)16-22(2)14-6-5-12(17(18,19)20)9-15(14)23(16)3/h7-10,16H,4-6H2,1-3H3. The highest BCUT2D eigenvalue weighted by molar-refractivity contribution is 5.40. The Balaban J connectivity index is 2.00. The van der Waals surface area contributed by atoms with Crippen molar-refractivity contribution < 1.29 is 13.2 Å². The first-order chi connectivity index (χ1) is 10.8. The number of hydrogen-bond acceptors (Lipinski definition) is 3. The van der Waals surface area contributed by atoms with Crippen LogP contribution in [-0.4, -0.2) is 35.1 Å². The minimum absolute atomic E-state index is 0.0458. The van der Waals surface area contributed by atoms with Gasteiger partial charge in [0.1, 0.15) is 6.17 Å². The van der Waals surface area contributed by atoms with Gasteiger partial charge >= 0.3 is 6.18 Å².